The maximum Gasteiger partial charge on any atom is 0.307 e. The van der Waals surface area contributed by atoms with Crippen molar-refractivity contribution in [2.24, 2.45) is 0 Å². The topological polar surface area (TPSA) is 32.8 Å². The number of carbonyl (C=O) groups excluding carboxylic acids is 1. The Labute approximate surface area is 147 Å². The molecule has 1 aliphatic heterocycles. The van der Waals surface area contributed by atoms with Gasteiger partial charge in [-0.05, 0) is 33.7 Å². The quantitative estimate of drug-likeness (QED) is 0.387. The maximum absolute atomic E-state index is 13.0. The standard InChI is InChI=1S/C15H20FIN2O2S/c1-2-21-15(20)9-14-11-19(22-17)8-7-18(14)10-12-3-5-13(16)6-4-12/h3-6,14H,2,7-11H2,1H3. The highest BCUT2D eigenvalue weighted by Gasteiger charge is 2.29. The van der Waals surface area contributed by atoms with Gasteiger partial charge < -0.3 is 4.74 Å². The van der Waals surface area contributed by atoms with Gasteiger partial charge >= 0.3 is 5.97 Å². The van der Waals surface area contributed by atoms with Gasteiger partial charge in [0, 0.05) is 53.4 Å². The molecule has 1 fully saturated rings. The van der Waals surface area contributed by atoms with Crippen LogP contribution < -0.4 is 0 Å². The fraction of sp³-hybridized carbons (Fsp3) is 0.533. The monoisotopic (exact) mass is 438 g/mol. The highest BCUT2D eigenvalue weighted by Crippen LogP contribution is 2.25. The summed E-state index contributed by atoms with van der Waals surface area (Å²) in [5, 5.41) is 0. The van der Waals surface area contributed by atoms with Gasteiger partial charge in [0.05, 0.1) is 13.0 Å². The lowest BCUT2D eigenvalue weighted by atomic mass is 10.1. The highest BCUT2D eigenvalue weighted by molar-refractivity contribution is 14.2. The normalized spacial score (nSPS) is 20.0. The summed E-state index contributed by atoms with van der Waals surface area (Å²) >= 11 is 2.27. The van der Waals surface area contributed by atoms with Crippen LogP contribution in [0.1, 0.15) is 18.9 Å². The van der Waals surface area contributed by atoms with Gasteiger partial charge in [-0.15, -0.1) is 0 Å². The fourth-order valence-electron chi connectivity index (χ4n) is 2.57. The van der Waals surface area contributed by atoms with Crippen LogP contribution in [0.4, 0.5) is 4.39 Å². The van der Waals surface area contributed by atoms with E-state index in [1.165, 1.54) is 12.1 Å². The van der Waals surface area contributed by atoms with Crippen LogP contribution in [0, 0.1) is 5.82 Å². The number of nitrogens with zero attached hydrogens (tertiary/aromatic N) is 2. The molecule has 1 aromatic carbocycles. The van der Waals surface area contributed by atoms with E-state index in [1.807, 2.05) is 6.92 Å². The zero-order valence-electron chi connectivity index (χ0n) is 12.5. The van der Waals surface area contributed by atoms with Crippen molar-refractivity contribution in [1.29, 1.82) is 0 Å². The van der Waals surface area contributed by atoms with Gasteiger partial charge in [0.2, 0.25) is 0 Å². The van der Waals surface area contributed by atoms with E-state index in [0.717, 1.165) is 31.7 Å². The Bertz CT molecular complexity index is 489. The third-order valence-corrected chi connectivity index (χ3v) is 5.87. The fourth-order valence-corrected chi connectivity index (χ4v) is 4.02. The molecule has 0 saturated carbocycles. The molecule has 2 rings (SSSR count). The first-order chi connectivity index (χ1) is 10.6. The smallest absolute Gasteiger partial charge is 0.307 e. The predicted molar refractivity (Wildman–Crippen MR) is 95.0 cm³/mol. The Kier molecular flexibility index (Phi) is 7.39. The first-order valence-corrected chi connectivity index (χ1v) is 10.6. The zero-order chi connectivity index (χ0) is 15.9. The molecule has 7 heteroatoms. The second-order valence-electron chi connectivity index (χ2n) is 5.22. The summed E-state index contributed by atoms with van der Waals surface area (Å²) in [6.07, 6.45) is 0.392. The number of hydrogen-bond acceptors (Lipinski definition) is 5. The van der Waals surface area contributed by atoms with Gasteiger partial charge in [-0.1, -0.05) is 12.1 Å². The summed E-state index contributed by atoms with van der Waals surface area (Å²) < 4.78 is 20.4. The number of ether oxygens (including phenoxy) is 1. The van der Waals surface area contributed by atoms with Crippen molar-refractivity contribution >= 4 is 36.3 Å². The highest BCUT2D eigenvalue weighted by atomic mass is 127. The summed E-state index contributed by atoms with van der Waals surface area (Å²) in [6, 6.07) is 6.69. The van der Waals surface area contributed by atoms with E-state index in [1.54, 1.807) is 21.3 Å². The van der Waals surface area contributed by atoms with Crippen molar-refractivity contribution in [3.8, 4) is 0 Å². The lowest BCUT2D eigenvalue weighted by Gasteiger charge is -2.39. The third-order valence-electron chi connectivity index (χ3n) is 3.67. The molecule has 1 saturated heterocycles. The second-order valence-corrected chi connectivity index (χ2v) is 7.05. The molecular weight excluding hydrogens is 418 g/mol. The second kappa shape index (κ2) is 9.05. The van der Waals surface area contributed by atoms with Crippen molar-refractivity contribution in [3.63, 3.8) is 0 Å². The molecule has 1 atom stereocenters. The third kappa shape index (κ3) is 5.36. The van der Waals surface area contributed by atoms with Crippen molar-refractivity contribution in [2.45, 2.75) is 25.9 Å². The first-order valence-electron chi connectivity index (χ1n) is 7.30. The van der Waals surface area contributed by atoms with Crippen LogP contribution >= 0.6 is 30.3 Å². The average Bonchev–Trinajstić information content (AvgIpc) is 2.51. The molecular formula is C15H20FIN2O2S. The largest absolute Gasteiger partial charge is 0.466 e. The number of esters is 1. The summed E-state index contributed by atoms with van der Waals surface area (Å²) in [5.74, 6) is -0.380. The maximum atomic E-state index is 13.0. The van der Waals surface area contributed by atoms with Gasteiger partial charge in [-0.25, -0.2) is 8.70 Å². The Balaban J connectivity index is 2.01. The molecule has 0 N–H and O–H groups in total. The number of rotatable bonds is 6. The molecule has 1 aromatic rings. The van der Waals surface area contributed by atoms with Crippen LogP contribution in [0.25, 0.3) is 0 Å². The zero-order valence-corrected chi connectivity index (χ0v) is 15.5. The molecule has 4 nitrogen and oxygen atoms in total. The van der Waals surface area contributed by atoms with Crippen molar-refractivity contribution in [2.75, 3.05) is 26.2 Å². The van der Waals surface area contributed by atoms with Crippen molar-refractivity contribution < 1.29 is 13.9 Å². The Morgan fingerprint density at radius 2 is 2.14 bits per heavy atom. The van der Waals surface area contributed by atoms with E-state index in [-0.39, 0.29) is 17.8 Å². The molecule has 1 unspecified atom stereocenters. The molecule has 1 heterocycles. The van der Waals surface area contributed by atoms with Crippen LogP contribution in [0.5, 0.6) is 0 Å². The number of benzene rings is 1. The number of carbonyl (C=O) groups is 1. The van der Waals surface area contributed by atoms with E-state index in [0.29, 0.717) is 13.0 Å². The lowest BCUT2D eigenvalue weighted by Crippen LogP contribution is -2.51. The molecule has 1 aliphatic rings. The number of piperazine rings is 1. The van der Waals surface area contributed by atoms with Gasteiger partial charge in [-0.2, -0.15) is 0 Å². The van der Waals surface area contributed by atoms with Crippen LogP contribution in [-0.2, 0) is 16.1 Å². The molecule has 0 amide bonds. The van der Waals surface area contributed by atoms with E-state index in [9.17, 15) is 9.18 Å². The molecule has 122 valence electrons. The summed E-state index contributed by atoms with van der Waals surface area (Å²) in [7, 11) is 1.68. The lowest BCUT2D eigenvalue weighted by molar-refractivity contribution is -0.145. The molecule has 0 radical (unpaired) electrons. The number of hydrogen-bond donors (Lipinski definition) is 0. The van der Waals surface area contributed by atoms with E-state index in [2.05, 4.69) is 30.4 Å². The van der Waals surface area contributed by atoms with Crippen LogP contribution in [-0.4, -0.2) is 47.5 Å². The van der Waals surface area contributed by atoms with Crippen LogP contribution in [0.2, 0.25) is 0 Å². The molecule has 0 aromatic heterocycles. The SMILES string of the molecule is CCOC(=O)CC1CN(SI)CCN1Cc1ccc(F)cc1. The molecule has 0 aliphatic carbocycles. The summed E-state index contributed by atoms with van der Waals surface area (Å²) in [5.41, 5.74) is 1.06. The van der Waals surface area contributed by atoms with E-state index in [4.69, 9.17) is 4.74 Å². The Hall–Kier alpha value is -0.380. The number of halogens is 2. The van der Waals surface area contributed by atoms with Gasteiger partial charge in [0.15, 0.2) is 0 Å². The minimum Gasteiger partial charge on any atom is -0.466 e. The van der Waals surface area contributed by atoms with Crippen LogP contribution in [0.3, 0.4) is 0 Å². The van der Waals surface area contributed by atoms with Gasteiger partial charge in [-0.3, -0.25) is 9.69 Å². The first kappa shape index (κ1) is 18.0. The minimum absolute atomic E-state index is 0.125. The Morgan fingerprint density at radius 1 is 1.41 bits per heavy atom. The molecule has 0 spiro atoms. The van der Waals surface area contributed by atoms with Gasteiger partial charge in [0.25, 0.3) is 0 Å². The van der Waals surface area contributed by atoms with Crippen molar-refractivity contribution in [3.05, 3.63) is 35.6 Å². The minimum atomic E-state index is -0.224. The molecule has 22 heavy (non-hydrogen) atoms. The predicted octanol–water partition coefficient (Wildman–Crippen LogP) is 3.26. The molecule has 0 bridgehead atoms. The van der Waals surface area contributed by atoms with Crippen molar-refractivity contribution in [1.82, 2.24) is 9.21 Å². The van der Waals surface area contributed by atoms with E-state index >= 15 is 0 Å². The average molecular weight is 438 g/mol. The van der Waals surface area contributed by atoms with E-state index < -0.39 is 0 Å². The van der Waals surface area contributed by atoms with Gasteiger partial charge in [0.1, 0.15) is 5.82 Å². The van der Waals surface area contributed by atoms with Crippen LogP contribution in [0.15, 0.2) is 24.3 Å². The summed E-state index contributed by atoms with van der Waals surface area (Å²) in [6.45, 7) is 5.62. The summed E-state index contributed by atoms with van der Waals surface area (Å²) in [4.78, 5) is 14.1. The Morgan fingerprint density at radius 3 is 2.77 bits per heavy atom.